The zero-order valence-electron chi connectivity index (χ0n) is 25.7. The third-order valence-electron chi connectivity index (χ3n) is 7.20. The highest BCUT2D eigenvalue weighted by molar-refractivity contribution is 7.92. The molecule has 4 aromatic rings. The van der Waals surface area contributed by atoms with E-state index in [2.05, 4.69) is 5.32 Å². The molecule has 0 unspecified atom stereocenters. The van der Waals surface area contributed by atoms with Crippen molar-refractivity contribution >= 4 is 39.1 Å². The molecule has 1 N–H and O–H groups in total. The van der Waals surface area contributed by atoms with E-state index in [9.17, 15) is 22.4 Å². The normalized spacial score (nSPS) is 11.8. The Hall–Kier alpha value is -4.61. The molecule has 0 aliphatic carbocycles. The number of carbonyl (C=O) groups excluding carboxylic acids is 2. The maximum atomic E-state index is 14.4. The van der Waals surface area contributed by atoms with Crippen LogP contribution < -0.4 is 19.1 Å². The molecule has 46 heavy (non-hydrogen) atoms. The molecule has 2 amide bonds. The Labute approximate surface area is 273 Å². The molecule has 1 atom stereocenters. The Morgan fingerprint density at radius 2 is 1.54 bits per heavy atom. The van der Waals surface area contributed by atoms with Gasteiger partial charge in [0.2, 0.25) is 11.8 Å². The average molecular weight is 668 g/mol. The van der Waals surface area contributed by atoms with Gasteiger partial charge in [0.05, 0.1) is 24.8 Å². The number of ether oxygens (including phenoxy) is 2. The molecule has 0 heterocycles. The summed E-state index contributed by atoms with van der Waals surface area (Å²) in [6.07, 6.45) is 0.165. The number of nitrogens with one attached hydrogen (secondary N) is 1. The van der Waals surface area contributed by atoms with Crippen LogP contribution in [0.25, 0.3) is 0 Å². The Kier molecular flexibility index (Phi) is 11.6. The van der Waals surface area contributed by atoms with Gasteiger partial charge < -0.3 is 19.7 Å². The molecule has 0 saturated heterocycles. The van der Waals surface area contributed by atoms with Crippen LogP contribution in [-0.4, -0.2) is 58.5 Å². The number of hydrogen-bond donors (Lipinski definition) is 1. The number of halogens is 2. The topological polar surface area (TPSA) is 105 Å². The Morgan fingerprint density at radius 3 is 2.17 bits per heavy atom. The highest BCUT2D eigenvalue weighted by Crippen LogP contribution is 2.32. The van der Waals surface area contributed by atoms with Crippen LogP contribution in [0.4, 0.5) is 10.1 Å². The van der Waals surface area contributed by atoms with E-state index in [0.29, 0.717) is 22.9 Å². The van der Waals surface area contributed by atoms with Crippen molar-refractivity contribution in [2.45, 2.75) is 30.8 Å². The maximum absolute atomic E-state index is 14.4. The number of carbonyl (C=O) groups is 2. The molecule has 4 rings (SSSR count). The number of methoxy groups -OCH3 is 2. The lowest BCUT2D eigenvalue weighted by Gasteiger charge is -2.34. The molecule has 0 aliphatic rings. The van der Waals surface area contributed by atoms with E-state index in [1.54, 1.807) is 31.2 Å². The van der Waals surface area contributed by atoms with Crippen LogP contribution in [0.3, 0.4) is 0 Å². The van der Waals surface area contributed by atoms with Crippen LogP contribution in [0.15, 0.2) is 102 Å². The molecule has 242 valence electrons. The summed E-state index contributed by atoms with van der Waals surface area (Å²) in [4.78, 5) is 29.1. The molecule has 0 bridgehead atoms. The smallest absolute Gasteiger partial charge is 0.264 e. The number of hydrogen-bond acceptors (Lipinski definition) is 6. The molecular weight excluding hydrogens is 633 g/mol. The number of amides is 2. The van der Waals surface area contributed by atoms with Crippen LogP contribution in [0.1, 0.15) is 18.1 Å². The summed E-state index contributed by atoms with van der Waals surface area (Å²) in [5.74, 6) is -1.18. The number of sulfonamides is 1. The van der Waals surface area contributed by atoms with Gasteiger partial charge in [-0.1, -0.05) is 54.1 Å². The first kappa shape index (κ1) is 34.3. The van der Waals surface area contributed by atoms with Gasteiger partial charge in [0.1, 0.15) is 18.4 Å². The first-order valence-electron chi connectivity index (χ1n) is 14.4. The van der Waals surface area contributed by atoms with Crippen molar-refractivity contribution in [3.8, 4) is 11.5 Å². The van der Waals surface area contributed by atoms with Crippen molar-refractivity contribution in [3.05, 3.63) is 119 Å². The second-order valence-corrected chi connectivity index (χ2v) is 12.6. The Morgan fingerprint density at radius 1 is 0.870 bits per heavy atom. The molecule has 0 saturated carbocycles. The van der Waals surface area contributed by atoms with E-state index in [-0.39, 0.29) is 29.3 Å². The number of likely N-dealkylation sites (N-methyl/N-ethyl adjacent to an activating group) is 1. The number of nitrogens with zero attached hydrogens (tertiary/aromatic N) is 2. The van der Waals surface area contributed by atoms with Gasteiger partial charge >= 0.3 is 0 Å². The van der Waals surface area contributed by atoms with E-state index in [1.807, 2.05) is 30.3 Å². The average Bonchev–Trinajstić information content (AvgIpc) is 3.05. The van der Waals surface area contributed by atoms with E-state index < -0.39 is 40.2 Å². The summed E-state index contributed by atoms with van der Waals surface area (Å²) >= 11 is 6.26. The summed E-state index contributed by atoms with van der Waals surface area (Å²) in [6, 6.07) is 23.9. The molecule has 0 fully saturated rings. The largest absolute Gasteiger partial charge is 0.493 e. The van der Waals surface area contributed by atoms with Crippen LogP contribution in [0.2, 0.25) is 5.02 Å². The fraction of sp³-hybridized carbons (Fsp3) is 0.235. The lowest BCUT2D eigenvalue weighted by molar-refractivity contribution is -0.140. The van der Waals surface area contributed by atoms with Gasteiger partial charge in [0, 0.05) is 30.6 Å². The van der Waals surface area contributed by atoms with Crippen molar-refractivity contribution < 1.29 is 31.9 Å². The summed E-state index contributed by atoms with van der Waals surface area (Å²) in [5.41, 5.74) is 1.49. The number of anilines is 1. The minimum absolute atomic E-state index is 0.0400. The maximum Gasteiger partial charge on any atom is 0.264 e. The van der Waals surface area contributed by atoms with Gasteiger partial charge in [-0.3, -0.25) is 13.9 Å². The van der Waals surface area contributed by atoms with Crippen molar-refractivity contribution in [1.82, 2.24) is 10.2 Å². The van der Waals surface area contributed by atoms with Gasteiger partial charge in [-0.2, -0.15) is 0 Å². The molecule has 0 aliphatic heterocycles. The highest BCUT2D eigenvalue weighted by atomic mass is 35.5. The quantitative estimate of drug-likeness (QED) is 0.191. The van der Waals surface area contributed by atoms with E-state index in [1.165, 1.54) is 49.5 Å². The van der Waals surface area contributed by atoms with Crippen LogP contribution in [-0.2, 0) is 32.6 Å². The molecule has 4 aromatic carbocycles. The summed E-state index contributed by atoms with van der Waals surface area (Å²) in [5, 5.41) is 3.25. The third kappa shape index (κ3) is 8.35. The third-order valence-corrected chi connectivity index (χ3v) is 9.21. The fourth-order valence-electron chi connectivity index (χ4n) is 4.92. The predicted octanol–water partition coefficient (Wildman–Crippen LogP) is 5.47. The summed E-state index contributed by atoms with van der Waals surface area (Å²) < 4.78 is 53.8. The molecule has 12 heteroatoms. The molecular formula is C34H35ClFN3O6S. The minimum Gasteiger partial charge on any atom is -0.493 e. The first-order valence-corrected chi connectivity index (χ1v) is 16.2. The first-order chi connectivity index (χ1) is 22.1. The standard InChI is InChI=1S/C34H35ClFN3O6S/c1-4-37-34(41)30(20-24-9-6-5-7-10-24)38(22-25-11-8-12-26(35)19-25)33(40)23-39(28-15-13-27(36)14-16-28)46(42,43)29-17-18-31(44-2)32(21-29)45-3/h5-19,21,30H,4,20,22-23H2,1-3H3,(H,37,41)/t30-/m0/s1. The SMILES string of the molecule is CCNC(=O)[C@H](Cc1ccccc1)N(Cc1cccc(Cl)c1)C(=O)CN(c1ccc(F)cc1)S(=O)(=O)c1ccc(OC)c(OC)c1. The molecule has 0 radical (unpaired) electrons. The lowest BCUT2D eigenvalue weighted by atomic mass is 10.0. The zero-order chi connectivity index (χ0) is 33.3. The second-order valence-electron chi connectivity index (χ2n) is 10.3. The van der Waals surface area contributed by atoms with Crippen LogP contribution in [0, 0.1) is 5.82 Å². The summed E-state index contributed by atoms with van der Waals surface area (Å²) in [7, 11) is -1.65. The number of benzene rings is 4. The minimum atomic E-state index is -4.44. The van der Waals surface area contributed by atoms with Gasteiger partial charge in [0.25, 0.3) is 10.0 Å². The molecule has 0 aromatic heterocycles. The van der Waals surface area contributed by atoms with Crippen molar-refractivity contribution in [2.24, 2.45) is 0 Å². The van der Waals surface area contributed by atoms with Gasteiger partial charge in [-0.25, -0.2) is 12.8 Å². The van der Waals surface area contributed by atoms with Crippen molar-refractivity contribution in [1.29, 1.82) is 0 Å². The second kappa shape index (κ2) is 15.6. The van der Waals surface area contributed by atoms with Crippen LogP contribution in [0.5, 0.6) is 11.5 Å². The Bertz CT molecular complexity index is 1760. The van der Waals surface area contributed by atoms with Crippen molar-refractivity contribution in [2.75, 3.05) is 31.6 Å². The molecule has 0 spiro atoms. The predicted molar refractivity (Wildman–Crippen MR) is 175 cm³/mol. The monoisotopic (exact) mass is 667 g/mol. The molecule has 9 nitrogen and oxygen atoms in total. The van der Waals surface area contributed by atoms with Crippen LogP contribution >= 0.6 is 11.6 Å². The van der Waals surface area contributed by atoms with Gasteiger partial charge in [0.15, 0.2) is 11.5 Å². The van der Waals surface area contributed by atoms with E-state index >= 15 is 0 Å². The van der Waals surface area contributed by atoms with E-state index in [0.717, 1.165) is 22.0 Å². The van der Waals surface area contributed by atoms with Crippen molar-refractivity contribution in [3.63, 3.8) is 0 Å². The van der Waals surface area contributed by atoms with Gasteiger partial charge in [-0.15, -0.1) is 0 Å². The highest BCUT2D eigenvalue weighted by Gasteiger charge is 2.35. The Balaban J connectivity index is 1.82. The summed E-state index contributed by atoms with van der Waals surface area (Å²) in [6.45, 7) is 1.35. The lowest BCUT2D eigenvalue weighted by Crippen LogP contribution is -2.53. The number of rotatable bonds is 14. The zero-order valence-corrected chi connectivity index (χ0v) is 27.2. The van der Waals surface area contributed by atoms with Gasteiger partial charge in [-0.05, 0) is 66.6 Å². The van der Waals surface area contributed by atoms with E-state index in [4.69, 9.17) is 21.1 Å². The fourth-order valence-corrected chi connectivity index (χ4v) is 6.56.